The zero-order valence-corrected chi connectivity index (χ0v) is 10.7. The third kappa shape index (κ3) is 2.91. The molecule has 17 heavy (non-hydrogen) atoms. The molecule has 0 radical (unpaired) electrons. The molecule has 2 unspecified atom stereocenters. The van der Waals surface area contributed by atoms with Crippen LogP contribution in [0.25, 0.3) is 0 Å². The lowest BCUT2D eigenvalue weighted by Crippen LogP contribution is -2.30. The van der Waals surface area contributed by atoms with Gasteiger partial charge in [0.15, 0.2) is 0 Å². The number of rotatable bonds is 5. The standard InChI is InChI=1S/C14H21NO2/c1-9(11-4-5-11)15-10(2)13-7-6-12(17-3)8-14(13)16/h6-11,15-16H,4-5H2,1-3H3. The number of benzene rings is 1. The maximum absolute atomic E-state index is 9.94. The lowest BCUT2D eigenvalue weighted by atomic mass is 10.1. The smallest absolute Gasteiger partial charge is 0.124 e. The summed E-state index contributed by atoms with van der Waals surface area (Å²) in [5.41, 5.74) is 0.929. The van der Waals surface area contributed by atoms with Crippen LogP contribution >= 0.6 is 0 Å². The maximum Gasteiger partial charge on any atom is 0.124 e. The lowest BCUT2D eigenvalue weighted by Gasteiger charge is -2.21. The number of hydrogen-bond acceptors (Lipinski definition) is 3. The Morgan fingerprint density at radius 2 is 2.06 bits per heavy atom. The molecule has 1 fully saturated rings. The van der Waals surface area contributed by atoms with Crippen LogP contribution in [0.2, 0.25) is 0 Å². The predicted molar refractivity (Wildman–Crippen MR) is 68.4 cm³/mol. The molecule has 0 bridgehead atoms. The third-order valence-corrected chi connectivity index (χ3v) is 3.55. The van der Waals surface area contributed by atoms with Gasteiger partial charge < -0.3 is 15.2 Å². The highest BCUT2D eigenvalue weighted by molar-refractivity contribution is 5.41. The highest BCUT2D eigenvalue weighted by atomic mass is 16.5. The van der Waals surface area contributed by atoms with E-state index in [1.54, 1.807) is 13.2 Å². The lowest BCUT2D eigenvalue weighted by molar-refractivity contribution is 0.397. The highest BCUT2D eigenvalue weighted by Crippen LogP contribution is 2.34. The van der Waals surface area contributed by atoms with E-state index in [0.29, 0.717) is 17.5 Å². The summed E-state index contributed by atoms with van der Waals surface area (Å²) in [6, 6.07) is 6.15. The Kier molecular flexibility index (Phi) is 3.57. The predicted octanol–water partition coefficient (Wildman–Crippen LogP) is 2.85. The molecule has 2 rings (SSSR count). The van der Waals surface area contributed by atoms with Gasteiger partial charge in [0.05, 0.1) is 7.11 Å². The van der Waals surface area contributed by atoms with E-state index in [0.717, 1.165) is 11.5 Å². The summed E-state index contributed by atoms with van der Waals surface area (Å²) in [4.78, 5) is 0. The van der Waals surface area contributed by atoms with Gasteiger partial charge in [-0.25, -0.2) is 0 Å². The molecule has 0 heterocycles. The number of phenolic OH excluding ortho intramolecular Hbond substituents is 1. The van der Waals surface area contributed by atoms with E-state index < -0.39 is 0 Å². The normalized spacial score (nSPS) is 18.8. The first kappa shape index (κ1) is 12.2. The van der Waals surface area contributed by atoms with Gasteiger partial charge in [-0.2, -0.15) is 0 Å². The van der Waals surface area contributed by atoms with Crippen LogP contribution in [0.4, 0.5) is 0 Å². The zero-order valence-electron chi connectivity index (χ0n) is 10.7. The molecular weight excluding hydrogens is 214 g/mol. The van der Waals surface area contributed by atoms with Crippen molar-refractivity contribution >= 4 is 0 Å². The van der Waals surface area contributed by atoms with Crippen LogP contribution in [-0.2, 0) is 0 Å². The monoisotopic (exact) mass is 235 g/mol. The van der Waals surface area contributed by atoms with E-state index >= 15 is 0 Å². The van der Waals surface area contributed by atoms with Crippen molar-refractivity contribution in [1.29, 1.82) is 0 Å². The van der Waals surface area contributed by atoms with Gasteiger partial charge in [0, 0.05) is 23.7 Å². The molecule has 1 aromatic carbocycles. The van der Waals surface area contributed by atoms with Gasteiger partial charge in [0.25, 0.3) is 0 Å². The molecule has 1 aliphatic rings. The van der Waals surface area contributed by atoms with E-state index in [4.69, 9.17) is 4.74 Å². The first-order valence-corrected chi connectivity index (χ1v) is 6.24. The molecule has 0 aromatic heterocycles. The summed E-state index contributed by atoms with van der Waals surface area (Å²) in [5.74, 6) is 1.80. The summed E-state index contributed by atoms with van der Waals surface area (Å²) in [6.07, 6.45) is 2.66. The van der Waals surface area contributed by atoms with Crippen molar-refractivity contribution in [2.75, 3.05) is 7.11 Å². The topological polar surface area (TPSA) is 41.5 Å². The molecule has 94 valence electrons. The fourth-order valence-corrected chi connectivity index (χ4v) is 2.23. The van der Waals surface area contributed by atoms with Crippen molar-refractivity contribution in [1.82, 2.24) is 5.32 Å². The number of nitrogens with one attached hydrogen (secondary N) is 1. The van der Waals surface area contributed by atoms with Gasteiger partial charge in [-0.15, -0.1) is 0 Å². The van der Waals surface area contributed by atoms with Crippen molar-refractivity contribution in [3.05, 3.63) is 23.8 Å². The SMILES string of the molecule is COc1ccc(C(C)NC(C)C2CC2)c(O)c1. The number of phenols is 1. The van der Waals surface area contributed by atoms with E-state index in [1.165, 1.54) is 12.8 Å². The molecule has 0 aliphatic heterocycles. The largest absolute Gasteiger partial charge is 0.507 e. The molecule has 0 spiro atoms. The van der Waals surface area contributed by atoms with Crippen LogP contribution < -0.4 is 10.1 Å². The van der Waals surface area contributed by atoms with E-state index in [1.807, 2.05) is 12.1 Å². The molecule has 0 amide bonds. The summed E-state index contributed by atoms with van der Waals surface area (Å²) >= 11 is 0. The quantitative estimate of drug-likeness (QED) is 0.824. The van der Waals surface area contributed by atoms with Crippen LogP contribution in [0.15, 0.2) is 18.2 Å². The Balaban J connectivity index is 2.04. The molecule has 2 N–H and O–H groups in total. The van der Waals surface area contributed by atoms with Gasteiger partial charge in [0.1, 0.15) is 11.5 Å². The van der Waals surface area contributed by atoms with E-state index in [-0.39, 0.29) is 6.04 Å². The first-order chi connectivity index (χ1) is 8.11. The van der Waals surface area contributed by atoms with Crippen LogP contribution in [-0.4, -0.2) is 18.3 Å². The van der Waals surface area contributed by atoms with E-state index in [9.17, 15) is 5.11 Å². The van der Waals surface area contributed by atoms with Crippen LogP contribution in [0.1, 0.15) is 38.3 Å². The highest BCUT2D eigenvalue weighted by Gasteiger charge is 2.29. The van der Waals surface area contributed by atoms with Crippen LogP contribution in [0.5, 0.6) is 11.5 Å². The van der Waals surface area contributed by atoms with Crippen LogP contribution in [0, 0.1) is 5.92 Å². The average Bonchev–Trinajstić information content (AvgIpc) is 3.12. The van der Waals surface area contributed by atoms with Gasteiger partial charge in [-0.3, -0.25) is 0 Å². The number of hydrogen-bond donors (Lipinski definition) is 2. The number of aromatic hydroxyl groups is 1. The molecule has 0 saturated heterocycles. The zero-order chi connectivity index (χ0) is 12.4. The molecule has 3 heteroatoms. The molecule has 1 aromatic rings. The molecule has 3 nitrogen and oxygen atoms in total. The van der Waals surface area contributed by atoms with Crippen molar-refractivity contribution in [2.45, 2.75) is 38.8 Å². The fraction of sp³-hybridized carbons (Fsp3) is 0.571. The Morgan fingerprint density at radius 3 is 2.59 bits per heavy atom. The van der Waals surface area contributed by atoms with Crippen LogP contribution in [0.3, 0.4) is 0 Å². The first-order valence-electron chi connectivity index (χ1n) is 6.24. The second-order valence-corrected chi connectivity index (χ2v) is 4.94. The molecule has 1 saturated carbocycles. The van der Waals surface area contributed by atoms with Crippen molar-refractivity contribution in [3.63, 3.8) is 0 Å². The molecular formula is C14H21NO2. The third-order valence-electron chi connectivity index (χ3n) is 3.55. The summed E-state index contributed by atoms with van der Waals surface area (Å²) < 4.78 is 5.08. The van der Waals surface area contributed by atoms with Crippen molar-refractivity contribution < 1.29 is 9.84 Å². The molecule has 1 aliphatic carbocycles. The van der Waals surface area contributed by atoms with Gasteiger partial charge >= 0.3 is 0 Å². The van der Waals surface area contributed by atoms with Crippen molar-refractivity contribution in [2.24, 2.45) is 5.92 Å². The minimum Gasteiger partial charge on any atom is -0.507 e. The van der Waals surface area contributed by atoms with E-state index in [2.05, 4.69) is 19.2 Å². The van der Waals surface area contributed by atoms with Gasteiger partial charge in [-0.1, -0.05) is 6.07 Å². The Labute approximate surface area is 103 Å². The second-order valence-electron chi connectivity index (χ2n) is 4.94. The molecule has 2 atom stereocenters. The van der Waals surface area contributed by atoms with Crippen molar-refractivity contribution in [3.8, 4) is 11.5 Å². The Bertz CT molecular complexity index is 388. The minimum atomic E-state index is 0.163. The second kappa shape index (κ2) is 4.96. The number of methoxy groups -OCH3 is 1. The summed E-state index contributed by atoms with van der Waals surface area (Å²) in [6.45, 7) is 4.30. The summed E-state index contributed by atoms with van der Waals surface area (Å²) in [5, 5.41) is 13.5. The Morgan fingerprint density at radius 1 is 1.35 bits per heavy atom. The van der Waals surface area contributed by atoms with Gasteiger partial charge in [0.2, 0.25) is 0 Å². The fourth-order valence-electron chi connectivity index (χ4n) is 2.23. The average molecular weight is 235 g/mol. The maximum atomic E-state index is 9.94. The summed E-state index contributed by atoms with van der Waals surface area (Å²) in [7, 11) is 1.60. The number of ether oxygens (including phenoxy) is 1. The Hall–Kier alpha value is -1.22. The minimum absolute atomic E-state index is 0.163. The van der Waals surface area contributed by atoms with Gasteiger partial charge in [-0.05, 0) is 38.7 Å².